The molecule has 1 atom stereocenters. The molecule has 4 heteroatoms. The van der Waals surface area contributed by atoms with Crippen LogP contribution in [0.25, 0.3) is 0 Å². The molecule has 0 amide bonds. The number of Topliss-reactive ketones (excluding diaryl/α,β-unsaturated/α-hetero) is 1. The van der Waals surface area contributed by atoms with Gasteiger partial charge in [-0.25, -0.2) is 9.97 Å². The number of carbonyl (C=O) groups excluding carboxylic acids is 1. The smallest absolute Gasteiger partial charge is 0.188 e. The molecule has 2 rings (SSSR count). The molecule has 0 aliphatic carbocycles. The summed E-state index contributed by atoms with van der Waals surface area (Å²) in [5.74, 6) is 0.114. The van der Waals surface area contributed by atoms with E-state index in [4.69, 9.17) is 0 Å². The summed E-state index contributed by atoms with van der Waals surface area (Å²) in [6.45, 7) is 7.88. The summed E-state index contributed by atoms with van der Waals surface area (Å²) in [5, 5.41) is 0.452. The van der Waals surface area contributed by atoms with E-state index in [1.807, 2.05) is 52.0 Å². The minimum atomic E-state index is -0.195. The number of nitrogens with zero attached hydrogens (tertiary/aromatic N) is 2. The van der Waals surface area contributed by atoms with Crippen molar-refractivity contribution in [3.63, 3.8) is 0 Å². The summed E-state index contributed by atoms with van der Waals surface area (Å²) in [6.07, 6.45) is 1.72. The zero-order valence-electron chi connectivity index (χ0n) is 12.2. The Balaban J connectivity index is 2.14. The lowest BCUT2D eigenvalue weighted by Gasteiger charge is -2.10. The first-order valence-electron chi connectivity index (χ1n) is 6.55. The molecule has 0 radical (unpaired) electrons. The Kier molecular flexibility index (Phi) is 4.55. The van der Waals surface area contributed by atoms with Crippen molar-refractivity contribution in [2.24, 2.45) is 0 Å². The Morgan fingerprint density at radius 3 is 2.55 bits per heavy atom. The van der Waals surface area contributed by atoms with Gasteiger partial charge in [-0.3, -0.25) is 4.79 Å². The van der Waals surface area contributed by atoms with Crippen molar-refractivity contribution in [1.29, 1.82) is 0 Å². The predicted octanol–water partition coefficient (Wildman–Crippen LogP) is 3.77. The number of aryl methyl sites for hydroxylation is 3. The summed E-state index contributed by atoms with van der Waals surface area (Å²) >= 11 is 1.40. The van der Waals surface area contributed by atoms with Crippen LogP contribution in [0.15, 0.2) is 35.6 Å². The van der Waals surface area contributed by atoms with Crippen molar-refractivity contribution in [1.82, 2.24) is 9.97 Å². The van der Waals surface area contributed by atoms with E-state index in [0.29, 0.717) is 5.16 Å². The highest BCUT2D eigenvalue weighted by molar-refractivity contribution is 8.00. The average molecular weight is 286 g/mol. The third-order valence-electron chi connectivity index (χ3n) is 3.22. The lowest BCUT2D eigenvalue weighted by Crippen LogP contribution is -2.14. The van der Waals surface area contributed by atoms with Crippen LogP contribution in [0.1, 0.15) is 34.1 Å². The van der Waals surface area contributed by atoms with E-state index in [1.54, 1.807) is 6.20 Å². The van der Waals surface area contributed by atoms with Crippen molar-refractivity contribution >= 4 is 17.5 Å². The van der Waals surface area contributed by atoms with E-state index in [9.17, 15) is 4.79 Å². The minimum absolute atomic E-state index is 0.114. The number of hydrogen-bond acceptors (Lipinski definition) is 4. The molecular weight excluding hydrogens is 268 g/mol. The van der Waals surface area contributed by atoms with E-state index in [-0.39, 0.29) is 11.0 Å². The van der Waals surface area contributed by atoms with E-state index in [0.717, 1.165) is 16.8 Å². The Labute approximate surface area is 123 Å². The van der Waals surface area contributed by atoms with E-state index < -0.39 is 0 Å². The van der Waals surface area contributed by atoms with Crippen LogP contribution < -0.4 is 0 Å². The van der Waals surface area contributed by atoms with E-state index in [2.05, 4.69) is 9.97 Å². The van der Waals surface area contributed by atoms with Gasteiger partial charge in [0, 0.05) is 17.5 Å². The Bertz CT molecular complexity index is 640. The lowest BCUT2D eigenvalue weighted by atomic mass is 10.0. The predicted molar refractivity (Wildman–Crippen MR) is 82.3 cm³/mol. The fourth-order valence-corrected chi connectivity index (χ4v) is 2.70. The van der Waals surface area contributed by atoms with Gasteiger partial charge in [-0.2, -0.15) is 0 Å². The molecular formula is C16H18N2OS. The second kappa shape index (κ2) is 6.18. The second-order valence-electron chi connectivity index (χ2n) is 4.90. The van der Waals surface area contributed by atoms with Gasteiger partial charge < -0.3 is 0 Å². The molecule has 0 bridgehead atoms. The first-order valence-corrected chi connectivity index (χ1v) is 7.43. The van der Waals surface area contributed by atoms with Gasteiger partial charge in [-0.1, -0.05) is 23.9 Å². The zero-order valence-corrected chi connectivity index (χ0v) is 13.0. The molecule has 0 aliphatic heterocycles. The summed E-state index contributed by atoms with van der Waals surface area (Å²) < 4.78 is 0. The van der Waals surface area contributed by atoms with Crippen LogP contribution in [0.4, 0.5) is 0 Å². The van der Waals surface area contributed by atoms with Gasteiger partial charge in [-0.15, -0.1) is 0 Å². The number of hydrogen-bond donors (Lipinski definition) is 0. The molecule has 1 heterocycles. The van der Waals surface area contributed by atoms with Gasteiger partial charge in [0.1, 0.15) is 0 Å². The minimum Gasteiger partial charge on any atom is -0.293 e. The molecule has 3 nitrogen and oxygen atoms in total. The highest BCUT2D eigenvalue weighted by Gasteiger charge is 2.18. The van der Waals surface area contributed by atoms with Crippen molar-refractivity contribution < 1.29 is 4.79 Å². The van der Waals surface area contributed by atoms with E-state index >= 15 is 0 Å². The van der Waals surface area contributed by atoms with Crippen molar-refractivity contribution in [3.05, 3.63) is 52.8 Å². The number of aromatic nitrogens is 2. The normalized spacial score (nSPS) is 12.2. The van der Waals surface area contributed by atoms with Crippen LogP contribution in [0.5, 0.6) is 0 Å². The van der Waals surface area contributed by atoms with Gasteiger partial charge >= 0.3 is 0 Å². The van der Waals surface area contributed by atoms with Gasteiger partial charge in [0.2, 0.25) is 0 Å². The number of ketones is 1. The summed E-state index contributed by atoms with van der Waals surface area (Å²) in [7, 11) is 0. The monoisotopic (exact) mass is 286 g/mol. The van der Waals surface area contributed by atoms with Crippen LogP contribution in [0.3, 0.4) is 0 Å². The van der Waals surface area contributed by atoms with Gasteiger partial charge in [0.15, 0.2) is 10.9 Å². The Morgan fingerprint density at radius 2 is 1.90 bits per heavy atom. The van der Waals surface area contributed by atoms with Gasteiger partial charge in [-0.05, 0) is 51.0 Å². The average Bonchev–Trinajstić information content (AvgIpc) is 2.41. The molecule has 0 spiro atoms. The fourth-order valence-electron chi connectivity index (χ4n) is 1.82. The molecule has 1 aromatic heterocycles. The number of rotatable bonds is 4. The topological polar surface area (TPSA) is 42.9 Å². The number of thioether (sulfide) groups is 1. The molecule has 0 saturated carbocycles. The van der Waals surface area contributed by atoms with E-state index in [1.165, 1.54) is 17.3 Å². The maximum absolute atomic E-state index is 12.4. The van der Waals surface area contributed by atoms with Crippen molar-refractivity contribution in [2.75, 3.05) is 0 Å². The standard InChI is InChI=1S/C16H18N2OS/c1-10-5-6-14(9-11(10)2)15(19)13(4)20-16-17-8-7-12(3)18-16/h5-9,13H,1-4H3. The largest absolute Gasteiger partial charge is 0.293 e. The quantitative estimate of drug-likeness (QED) is 0.487. The zero-order chi connectivity index (χ0) is 14.7. The second-order valence-corrected chi connectivity index (χ2v) is 6.21. The third-order valence-corrected chi connectivity index (χ3v) is 4.19. The van der Waals surface area contributed by atoms with Gasteiger partial charge in [0.25, 0.3) is 0 Å². The Morgan fingerprint density at radius 1 is 1.15 bits per heavy atom. The molecule has 0 aliphatic rings. The maximum atomic E-state index is 12.4. The molecule has 104 valence electrons. The number of carbonyl (C=O) groups is 1. The highest BCUT2D eigenvalue weighted by atomic mass is 32.2. The van der Waals surface area contributed by atoms with Crippen LogP contribution in [0, 0.1) is 20.8 Å². The summed E-state index contributed by atoms with van der Waals surface area (Å²) in [5.41, 5.74) is 4.00. The molecule has 0 N–H and O–H groups in total. The first-order chi connectivity index (χ1) is 9.47. The number of benzene rings is 1. The third kappa shape index (κ3) is 3.45. The maximum Gasteiger partial charge on any atom is 0.188 e. The van der Waals surface area contributed by atoms with Crippen LogP contribution in [0.2, 0.25) is 0 Å². The van der Waals surface area contributed by atoms with Crippen LogP contribution >= 0.6 is 11.8 Å². The molecule has 20 heavy (non-hydrogen) atoms. The molecule has 1 unspecified atom stereocenters. The SMILES string of the molecule is Cc1ccnc(SC(C)C(=O)c2ccc(C)c(C)c2)n1. The molecule has 1 aromatic carbocycles. The molecule has 2 aromatic rings. The summed E-state index contributed by atoms with van der Waals surface area (Å²) in [4.78, 5) is 20.9. The van der Waals surface area contributed by atoms with Crippen LogP contribution in [-0.4, -0.2) is 21.0 Å². The fraction of sp³-hybridized carbons (Fsp3) is 0.312. The Hall–Kier alpha value is -1.68. The highest BCUT2D eigenvalue weighted by Crippen LogP contribution is 2.23. The summed E-state index contributed by atoms with van der Waals surface area (Å²) in [6, 6.07) is 7.67. The molecule has 0 fully saturated rings. The van der Waals surface area contributed by atoms with Crippen LogP contribution in [-0.2, 0) is 0 Å². The lowest BCUT2D eigenvalue weighted by molar-refractivity contribution is 0.0994. The first kappa shape index (κ1) is 14.7. The van der Waals surface area contributed by atoms with Crippen molar-refractivity contribution in [2.45, 2.75) is 38.1 Å². The molecule has 0 saturated heterocycles. The van der Waals surface area contributed by atoms with Gasteiger partial charge in [0.05, 0.1) is 5.25 Å². The van der Waals surface area contributed by atoms with Crippen molar-refractivity contribution in [3.8, 4) is 0 Å².